The number of hydrogen-bond acceptors (Lipinski definition) is 7. The summed E-state index contributed by atoms with van der Waals surface area (Å²) >= 11 is 0. The SMILES string of the molecule is C.C.C.CB(C)C.CC.CC.CC.CC.CC.CC.CCc1c(C)c(C)c2c(c1C)C(O)(C(F)(F)F)c1ccccc1-2.CCc1c(C)c(OC=O)c2c(c1C)C(O)(C(F)(F)F)c1ccccc1-2.Cc1c(C)c(OC=O)c2c(c1C)C(O)(C(F)(F)F)c1ccccc1-2.[3HH].[3HH].[3HH]. The van der Waals surface area contributed by atoms with Gasteiger partial charge >= 0.3 is 18.5 Å². The van der Waals surface area contributed by atoms with E-state index in [0.29, 0.717) is 62.9 Å². The molecular formula is C74H114BF9O7. The highest BCUT2D eigenvalue weighted by atomic mass is 19.4. The van der Waals surface area contributed by atoms with E-state index >= 15 is 0 Å². The van der Waals surface area contributed by atoms with Crippen molar-refractivity contribution in [1.29, 1.82) is 0 Å². The predicted octanol–water partition coefficient (Wildman–Crippen LogP) is 23.2. The van der Waals surface area contributed by atoms with E-state index in [0.717, 1.165) is 23.4 Å². The van der Waals surface area contributed by atoms with Gasteiger partial charge < -0.3 is 24.8 Å². The highest BCUT2D eigenvalue weighted by Crippen LogP contribution is 2.62. The maximum atomic E-state index is 14.0. The fourth-order valence-electron chi connectivity index (χ4n) is 11.4. The molecule has 0 amide bonds. The van der Waals surface area contributed by atoms with Crippen LogP contribution in [0.2, 0.25) is 20.5 Å². The Labute approximate surface area is 545 Å². The summed E-state index contributed by atoms with van der Waals surface area (Å²) in [6.07, 6.45) is -13.5. The average Bonchev–Trinajstić information content (AvgIpc) is 1.55. The predicted molar refractivity (Wildman–Crippen MR) is 371 cm³/mol. The van der Waals surface area contributed by atoms with Crippen molar-refractivity contribution in [3.8, 4) is 44.9 Å². The lowest BCUT2D eigenvalue weighted by Crippen LogP contribution is -2.42. The number of aliphatic hydroxyl groups is 3. The van der Waals surface area contributed by atoms with Gasteiger partial charge in [-0.25, -0.2) is 0 Å². The molecule has 7 nitrogen and oxygen atoms in total. The first-order valence-corrected chi connectivity index (χ1v) is 30.6. The number of fused-ring (bicyclic) bond motifs is 9. The molecule has 3 atom stereocenters. The van der Waals surface area contributed by atoms with E-state index < -0.39 is 35.3 Å². The third-order valence-corrected chi connectivity index (χ3v) is 15.0. The van der Waals surface area contributed by atoms with Crippen molar-refractivity contribution in [1.82, 2.24) is 0 Å². The highest BCUT2D eigenvalue weighted by Gasteiger charge is 2.64. The van der Waals surface area contributed by atoms with Crippen molar-refractivity contribution in [2.24, 2.45) is 0 Å². The quantitative estimate of drug-likeness (QED) is 0.0865. The van der Waals surface area contributed by atoms with Crippen molar-refractivity contribution < 1.29 is 78.2 Å². The zero-order valence-electron chi connectivity index (χ0n) is 56.5. The van der Waals surface area contributed by atoms with Gasteiger partial charge in [0.2, 0.25) is 16.8 Å². The lowest BCUT2D eigenvalue weighted by molar-refractivity contribution is -0.247. The minimum Gasteiger partial charge on any atom is -0.428 e. The van der Waals surface area contributed by atoms with Gasteiger partial charge in [-0.3, -0.25) is 9.59 Å². The van der Waals surface area contributed by atoms with Crippen LogP contribution in [-0.2, 0) is 39.2 Å². The highest BCUT2D eigenvalue weighted by molar-refractivity contribution is 6.54. The summed E-state index contributed by atoms with van der Waals surface area (Å²) in [5.74, 6) is 0.121. The number of rotatable bonds is 6. The van der Waals surface area contributed by atoms with Crippen LogP contribution in [0.3, 0.4) is 0 Å². The van der Waals surface area contributed by atoms with Crippen LogP contribution in [0.5, 0.6) is 11.5 Å². The second-order valence-corrected chi connectivity index (χ2v) is 20.0. The molecule has 0 spiro atoms. The third-order valence-electron chi connectivity index (χ3n) is 15.0. The average molecular weight is 1300 g/mol. The minimum atomic E-state index is -4.92. The Morgan fingerprint density at radius 2 is 0.637 bits per heavy atom. The molecule has 0 fully saturated rings. The van der Waals surface area contributed by atoms with Crippen LogP contribution in [0, 0.1) is 55.4 Å². The summed E-state index contributed by atoms with van der Waals surface area (Å²) in [6, 6.07) is 17.9. The molecule has 17 heteroatoms. The maximum Gasteiger partial charge on any atom is 0.425 e. The number of benzene rings is 6. The van der Waals surface area contributed by atoms with Gasteiger partial charge in [-0.2, -0.15) is 39.5 Å². The molecule has 0 saturated carbocycles. The Balaban J connectivity index is -0.000000211. The second kappa shape index (κ2) is 37.9. The van der Waals surface area contributed by atoms with Crippen LogP contribution in [0.15, 0.2) is 72.8 Å². The first-order valence-electron chi connectivity index (χ1n) is 30.6. The first kappa shape index (κ1) is 91.0. The molecule has 0 aliphatic heterocycles. The second-order valence-electron chi connectivity index (χ2n) is 20.0. The summed E-state index contributed by atoms with van der Waals surface area (Å²) < 4.78 is 135. The Morgan fingerprint density at radius 3 is 0.912 bits per heavy atom. The smallest absolute Gasteiger partial charge is 0.425 e. The Bertz CT molecular complexity index is 3290. The zero-order valence-corrected chi connectivity index (χ0v) is 56.5. The van der Waals surface area contributed by atoms with Crippen molar-refractivity contribution in [3.63, 3.8) is 0 Å². The third kappa shape index (κ3) is 16.5. The van der Waals surface area contributed by atoms with Crippen LogP contribution in [0.1, 0.15) is 213 Å². The fourth-order valence-corrected chi connectivity index (χ4v) is 11.4. The summed E-state index contributed by atoms with van der Waals surface area (Å²) in [4.78, 5) is 21.9. The standard InChI is InChI=1S/C19H17F3O3.C19H19F3O.C18H15F3O3.C3H9B.6C2H6.3CH4.3H2/c1-4-12-10(2)16-15(17(11(12)3)25-9-23)13-7-5-6-8-14(13)18(16,24)19(20,21)22;1-5-13-10(2)11(3)16-14-8-6-7-9-15(14)18(23,19(20,21)22)17(16)12(13)4;1-9-10(2)15-14(16(11(9)3)24-8-22)12-6-4-5-7-13(12)17(15,23)18(19,20)21;1-4(2)3;6*1-2;;;;;;/h5-9,24H,4H2,1-3H3;6-9,23H,5H2,1-4H3;4-8,23H,1-3H3;1-3H3;6*1-2H3;3*1H4;3*1H/i;;;;;;;;;;;;;3*1+2. The monoisotopic (exact) mass is 1300 g/mol. The molecule has 3 N–H and O–H groups in total. The van der Waals surface area contributed by atoms with Crippen molar-refractivity contribution in [3.05, 3.63) is 162 Å². The topological polar surface area (TPSA) is 113 Å². The van der Waals surface area contributed by atoms with Gasteiger partial charge in [-0.05, 0) is 146 Å². The Hall–Kier alpha value is -6.43. The molecule has 0 bridgehead atoms. The van der Waals surface area contributed by atoms with E-state index in [-0.39, 0.29) is 107 Å². The number of alkyl halides is 9. The van der Waals surface area contributed by atoms with Gasteiger partial charge in [0.25, 0.3) is 12.9 Å². The maximum absolute atomic E-state index is 14.0. The first-order chi connectivity index (χ1) is 41.2. The minimum absolute atomic E-state index is 0. The van der Waals surface area contributed by atoms with Crippen molar-refractivity contribution in [2.45, 2.75) is 243 Å². The molecule has 3 aliphatic carbocycles. The van der Waals surface area contributed by atoms with Gasteiger partial charge in [0.05, 0.1) is 0 Å². The molecular weight excluding hydrogens is 1180 g/mol. The molecule has 0 radical (unpaired) electrons. The Kier molecular flexibility index (Phi) is 37.9. The van der Waals surface area contributed by atoms with E-state index in [9.17, 15) is 64.4 Å². The zero-order chi connectivity index (χ0) is 69.2. The summed E-state index contributed by atoms with van der Waals surface area (Å²) in [5.41, 5.74) is -2.29. The molecule has 3 aliphatic rings. The molecule has 518 valence electrons. The summed E-state index contributed by atoms with van der Waals surface area (Å²) in [7, 11) is 0. The molecule has 0 saturated heterocycles. The van der Waals surface area contributed by atoms with Gasteiger partial charge in [-0.1, -0.05) is 212 Å². The molecule has 9 rings (SSSR count). The Morgan fingerprint density at radius 1 is 0.396 bits per heavy atom. The van der Waals surface area contributed by atoms with Gasteiger partial charge in [-0.15, -0.1) is 0 Å². The van der Waals surface area contributed by atoms with E-state index in [1.54, 1.807) is 71.9 Å². The molecule has 91 heavy (non-hydrogen) atoms. The van der Waals surface area contributed by atoms with E-state index in [1.807, 2.05) is 104 Å². The molecule has 0 heterocycles. The normalized spacial score (nSPS) is 15.8. The fraction of sp³-hybridized carbons (Fsp3) is 0.486. The van der Waals surface area contributed by atoms with Gasteiger partial charge in [0.15, 0.2) is 0 Å². The summed E-state index contributed by atoms with van der Waals surface area (Å²) in [5, 5.41) is 32.4. The van der Waals surface area contributed by atoms with Crippen LogP contribution < -0.4 is 9.47 Å². The van der Waals surface area contributed by atoms with Crippen LogP contribution in [0.25, 0.3) is 33.4 Å². The van der Waals surface area contributed by atoms with Crippen molar-refractivity contribution >= 4 is 19.7 Å². The van der Waals surface area contributed by atoms with E-state index in [2.05, 4.69) is 20.5 Å². The number of carbonyl (C=O) groups is 2. The number of carbonyl (C=O) groups excluding carboxylic acids is 2. The molecule has 0 aromatic heterocycles. The van der Waals surface area contributed by atoms with Crippen LogP contribution >= 0.6 is 0 Å². The number of halogens is 9. The van der Waals surface area contributed by atoms with Gasteiger partial charge in [0, 0.05) is 48.8 Å². The van der Waals surface area contributed by atoms with E-state index in [4.69, 9.17) is 9.47 Å². The largest absolute Gasteiger partial charge is 0.428 e. The molecule has 6 aromatic carbocycles. The van der Waals surface area contributed by atoms with E-state index in [1.165, 1.54) is 49.4 Å². The molecule has 3 unspecified atom stereocenters. The number of hydrogen-bond donors (Lipinski definition) is 3. The molecule has 6 aromatic rings. The van der Waals surface area contributed by atoms with Crippen LogP contribution in [-0.4, -0.2) is 53.5 Å². The van der Waals surface area contributed by atoms with Crippen LogP contribution in [0.4, 0.5) is 39.5 Å². The van der Waals surface area contributed by atoms with Gasteiger partial charge in [0.1, 0.15) is 18.2 Å². The summed E-state index contributed by atoms with van der Waals surface area (Å²) in [6.45, 7) is 49.0. The van der Waals surface area contributed by atoms with Crippen molar-refractivity contribution in [2.75, 3.05) is 0 Å². The lowest BCUT2D eigenvalue weighted by atomic mass is 9.58. The number of ether oxygens (including phenoxy) is 2. The lowest BCUT2D eigenvalue weighted by Gasteiger charge is -2.31.